The summed E-state index contributed by atoms with van der Waals surface area (Å²) in [5.41, 5.74) is 4.08. The van der Waals surface area contributed by atoms with Crippen LogP contribution in [0.15, 0.2) is 18.2 Å². The Balaban J connectivity index is 1.36. The molecule has 29 heavy (non-hydrogen) atoms. The van der Waals surface area contributed by atoms with Crippen molar-refractivity contribution in [2.75, 3.05) is 38.2 Å². The van der Waals surface area contributed by atoms with E-state index in [1.165, 1.54) is 56.9 Å². The molecule has 0 unspecified atom stereocenters. The number of aryl methyl sites for hydroxylation is 4. The number of anilines is 1. The Labute approximate surface area is 176 Å². The lowest BCUT2D eigenvalue weighted by Gasteiger charge is -2.36. The molecule has 5 rings (SSSR count). The first-order valence-corrected chi connectivity index (χ1v) is 11.3. The van der Waals surface area contributed by atoms with Crippen LogP contribution in [0.3, 0.4) is 0 Å². The Hall–Kier alpha value is -2.18. The maximum Gasteiger partial charge on any atom is 0.141 e. The standard InChI is InChI=1S/C23H28N4OS/c1-15-7-8-19(28-3)17(13-15)14-26-9-11-27(12-10-26)22-21-18-5-4-6-20(18)29-23(21)25-16(2)24-22/h7-8,13H,4-6,9-12,14H2,1-3H3. The number of piperazine rings is 1. The van der Waals surface area contributed by atoms with Crippen molar-refractivity contribution >= 4 is 27.4 Å². The molecular weight excluding hydrogens is 380 g/mol. The smallest absolute Gasteiger partial charge is 0.141 e. The monoisotopic (exact) mass is 408 g/mol. The van der Waals surface area contributed by atoms with Gasteiger partial charge in [-0.3, -0.25) is 4.90 Å². The summed E-state index contributed by atoms with van der Waals surface area (Å²) in [4.78, 5) is 17.4. The summed E-state index contributed by atoms with van der Waals surface area (Å²) < 4.78 is 5.57. The van der Waals surface area contributed by atoms with E-state index in [2.05, 4.69) is 34.9 Å². The molecular formula is C23H28N4OS. The third kappa shape index (κ3) is 3.49. The molecule has 0 radical (unpaired) electrons. The van der Waals surface area contributed by atoms with Crippen molar-refractivity contribution in [1.82, 2.24) is 14.9 Å². The van der Waals surface area contributed by atoms with Gasteiger partial charge in [-0.25, -0.2) is 9.97 Å². The maximum absolute atomic E-state index is 5.57. The number of rotatable bonds is 4. The molecule has 0 amide bonds. The lowest BCUT2D eigenvalue weighted by atomic mass is 10.1. The van der Waals surface area contributed by atoms with Gasteiger partial charge in [-0.2, -0.15) is 0 Å². The van der Waals surface area contributed by atoms with Crippen molar-refractivity contribution in [3.05, 3.63) is 45.6 Å². The van der Waals surface area contributed by atoms with Gasteiger partial charge in [0.2, 0.25) is 0 Å². The van der Waals surface area contributed by atoms with Gasteiger partial charge in [-0.15, -0.1) is 11.3 Å². The molecule has 0 spiro atoms. The van der Waals surface area contributed by atoms with Crippen LogP contribution in [0.25, 0.3) is 10.2 Å². The van der Waals surface area contributed by atoms with E-state index in [4.69, 9.17) is 14.7 Å². The van der Waals surface area contributed by atoms with Crippen LogP contribution in [0.2, 0.25) is 0 Å². The number of thiophene rings is 1. The zero-order valence-corrected chi connectivity index (χ0v) is 18.3. The largest absolute Gasteiger partial charge is 0.496 e. The lowest BCUT2D eigenvalue weighted by molar-refractivity contribution is 0.245. The van der Waals surface area contributed by atoms with Crippen LogP contribution in [0, 0.1) is 13.8 Å². The first kappa shape index (κ1) is 18.8. The van der Waals surface area contributed by atoms with Crippen LogP contribution in [-0.4, -0.2) is 48.2 Å². The van der Waals surface area contributed by atoms with E-state index in [9.17, 15) is 0 Å². The van der Waals surface area contributed by atoms with Crippen molar-refractivity contribution in [1.29, 1.82) is 0 Å². The number of ether oxygens (including phenoxy) is 1. The summed E-state index contributed by atoms with van der Waals surface area (Å²) in [6, 6.07) is 6.44. The number of methoxy groups -OCH3 is 1. The van der Waals surface area contributed by atoms with Crippen LogP contribution in [-0.2, 0) is 19.4 Å². The second-order valence-corrected chi connectivity index (χ2v) is 9.29. The van der Waals surface area contributed by atoms with E-state index in [1.807, 2.05) is 18.3 Å². The third-order valence-electron chi connectivity index (χ3n) is 6.16. The molecule has 0 N–H and O–H groups in total. The van der Waals surface area contributed by atoms with Gasteiger partial charge in [0, 0.05) is 43.2 Å². The van der Waals surface area contributed by atoms with Crippen LogP contribution in [0.1, 0.15) is 33.8 Å². The molecule has 3 aromatic rings. The molecule has 5 nitrogen and oxygen atoms in total. The molecule has 0 saturated carbocycles. The van der Waals surface area contributed by atoms with Gasteiger partial charge in [0.25, 0.3) is 0 Å². The molecule has 1 fully saturated rings. The highest BCUT2D eigenvalue weighted by molar-refractivity contribution is 7.19. The number of aromatic nitrogens is 2. The summed E-state index contributed by atoms with van der Waals surface area (Å²) in [6.45, 7) is 9.18. The average Bonchev–Trinajstić information content (AvgIpc) is 3.29. The number of nitrogens with zero attached hydrogens (tertiary/aromatic N) is 4. The minimum Gasteiger partial charge on any atom is -0.496 e. The molecule has 0 atom stereocenters. The van der Waals surface area contributed by atoms with E-state index in [-0.39, 0.29) is 0 Å². The Morgan fingerprint density at radius 3 is 2.69 bits per heavy atom. The zero-order chi connectivity index (χ0) is 20.0. The molecule has 0 bridgehead atoms. The van der Waals surface area contributed by atoms with Crippen LogP contribution in [0.5, 0.6) is 5.75 Å². The second kappa shape index (κ2) is 7.58. The van der Waals surface area contributed by atoms with Gasteiger partial charge in [-0.05, 0) is 44.7 Å². The van der Waals surface area contributed by atoms with Crippen molar-refractivity contribution in [2.45, 2.75) is 39.7 Å². The molecule has 1 aliphatic heterocycles. The summed E-state index contributed by atoms with van der Waals surface area (Å²) >= 11 is 1.88. The fourth-order valence-electron chi connectivity index (χ4n) is 4.70. The van der Waals surface area contributed by atoms with Crippen LogP contribution < -0.4 is 9.64 Å². The Bertz CT molecular complexity index is 1050. The summed E-state index contributed by atoms with van der Waals surface area (Å²) in [6.07, 6.45) is 3.67. The third-order valence-corrected chi connectivity index (χ3v) is 7.34. The highest BCUT2D eigenvalue weighted by atomic mass is 32.1. The van der Waals surface area contributed by atoms with Crippen molar-refractivity contribution < 1.29 is 4.74 Å². The predicted octanol–water partition coefficient (Wildman–Crippen LogP) is 4.13. The molecule has 6 heteroatoms. The zero-order valence-electron chi connectivity index (χ0n) is 17.5. The fraction of sp³-hybridized carbons (Fsp3) is 0.478. The predicted molar refractivity (Wildman–Crippen MR) is 119 cm³/mol. The maximum atomic E-state index is 5.57. The number of hydrogen-bond acceptors (Lipinski definition) is 6. The van der Waals surface area contributed by atoms with Gasteiger partial charge < -0.3 is 9.64 Å². The number of hydrogen-bond donors (Lipinski definition) is 0. The molecule has 1 aromatic carbocycles. The van der Waals surface area contributed by atoms with E-state index < -0.39 is 0 Å². The van der Waals surface area contributed by atoms with Gasteiger partial charge in [0.05, 0.1) is 12.5 Å². The summed E-state index contributed by atoms with van der Waals surface area (Å²) in [5.74, 6) is 3.04. The first-order chi connectivity index (χ1) is 14.1. The highest BCUT2D eigenvalue weighted by Gasteiger charge is 2.26. The van der Waals surface area contributed by atoms with Gasteiger partial charge in [0.15, 0.2) is 0 Å². The van der Waals surface area contributed by atoms with E-state index in [1.54, 1.807) is 7.11 Å². The highest BCUT2D eigenvalue weighted by Crippen LogP contribution is 2.40. The lowest BCUT2D eigenvalue weighted by Crippen LogP contribution is -2.46. The number of benzene rings is 1. The molecule has 2 aliphatic rings. The Kier molecular flexibility index (Phi) is 4.92. The Morgan fingerprint density at radius 2 is 1.90 bits per heavy atom. The number of fused-ring (bicyclic) bond motifs is 3. The topological polar surface area (TPSA) is 41.5 Å². The summed E-state index contributed by atoms with van der Waals surface area (Å²) in [7, 11) is 1.76. The van der Waals surface area contributed by atoms with Crippen LogP contribution >= 0.6 is 11.3 Å². The first-order valence-electron chi connectivity index (χ1n) is 10.5. The molecule has 1 aliphatic carbocycles. The minimum absolute atomic E-state index is 0.888. The molecule has 1 saturated heterocycles. The van der Waals surface area contributed by atoms with Crippen LogP contribution in [0.4, 0.5) is 5.82 Å². The van der Waals surface area contributed by atoms with Gasteiger partial charge in [-0.1, -0.05) is 17.7 Å². The fourth-order valence-corrected chi connectivity index (χ4v) is 6.00. The SMILES string of the molecule is COc1ccc(C)cc1CN1CCN(c2nc(C)nc3sc4c(c23)CCC4)CC1. The van der Waals surface area contributed by atoms with Gasteiger partial charge in [0.1, 0.15) is 22.2 Å². The normalized spacial score (nSPS) is 17.1. The summed E-state index contributed by atoms with van der Waals surface area (Å²) in [5, 5.41) is 1.34. The molecule has 3 heterocycles. The van der Waals surface area contributed by atoms with E-state index in [0.717, 1.165) is 44.3 Å². The van der Waals surface area contributed by atoms with Crippen molar-refractivity contribution in [3.8, 4) is 5.75 Å². The van der Waals surface area contributed by atoms with Crippen molar-refractivity contribution in [2.24, 2.45) is 0 Å². The van der Waals surface area contributed by atoms with Gasteiger partial charge >= 0.3 is 0 Å². The quantitative estimate of drug-likeness (QED) is 0.649. The molecule has 2 aromatic heterocycles. The average molecular weight is 409 g/mol. The van der Waals surface area contributed by atoms with E-state index >= 15 is 0 Å². The van der Waals surface area contributed by atoms with Crippen molar-refractivity contribution in [3.63, 3.8) is 0 Å². The Morgan fingerprint density at radius 1 is 1.07 bits per heavy atom. The van der Waals surface area contributed by atoms with E-state index in [0.29, 0.717) is 0 Å². The minimum atomic E-state index is 0.888. The second-order valence-electron chi connectivity index (χ2n) is 8.21. The molecule has 152 valence electrons.